The summed E-state index contributed by atoms with van der Waals surface area (Å²) in [6.45, 7) is 2.99. The highest BCUT2D eigenvalue weighted by atomic mass is 32.2. The minimum Gasteiger partial charge on any atom is -0.475 e. The van der Waals surface area contributed by atoms with E-state index in [1.807, 2.05) is 6.92 Å². The average molecular weight is 584 g/mol. The van der Waals surface area contributed by atoms with Crippen LogP contribution in [-0.4, -0.2) is 61.5 Å². The molecule has 0 bridgehead atoms. The number of anilines is 1. The summed E-state index contributed by atoms with van der Waals surface area (Å²) in [7, 11) is -3.69. The van der Waals surface area contributed by atoms with Crippen LogP contribution in [0.5, 0.6) is 0 Å². The van der Waals surface area contributed by atoms with Gasteiger partial charge in [0.1, 0.15) is 0 Å². The van der Waals surface area contributed by atoms with Crippen LogP contribution in [0.3, 0.4) is 0 Å². The molecule has 0 radical (unpaired) electrons. The molecule has 3 N–H and O–H groups in total. The van der Waals surface area contributed by atoms with Crippen LogP contribution in [0.1, 0.15) is 54.4 Å². The molecule has 2 fully saturated rings. The molecule has 1 aliphatic heterocycles. The Morgan fingerprint density at radius 2 is 1.43 bits per heavy atom. The van der Waals surface area contributed by atoms with Gasteiger partial charge in [-0.05, 0) is 69.0 Å². The summed E-state index contributed by atoms with van der Waals surface area (Å²) < 4.78 is 59.4. The van der Waals surface area contributed by atoms with E-state index in [9.17, 15) is 31.2 Å². The number of nitrogens with zero attached hydrogens (tertiary/aromatic N) is 1. The topological polar surface area (TPSA) is 133 Å². The molecule has 0 atom stereocenters. The number of carboxylic acid groups (broad SMARTS) is 1. The Kier molecular flexibility index (Phi) is 10.2. The van der Waals surface area contributed by atoms with Gasteiger partial charge in [-0.1, -0.05) is 30.5 Å². The number of benzene rings is 2. The number of alkyl halides is 3. The lowest BCUT2D eigenvalue weighted by Gasteiger charge is -2.32. The number of likely N-dealkylation sites (tertiary alicyclic amines) is 1. The first-order chi connectivity index (χ1) is 18.8. The van der Waals surface area contributed by atoms with Gasteiger partial charge in [-0.25, -0.2) is 13.2 Å². The van der Waals surface area contributed by atoms with Gasteiger partial charge in [-0.2, -0.15) is 13.2 Å². The molecule has 1 aliphatic carbocycles. The second-order valence-corrected chi connectivity index (χ2v) is 11.5. The third-order valence-electron chi connectivity index (χ3n) is 6.81. The van der Waals surface area contributed by atoms with Gasteiger partial charge < -0.3 is 15.3 Å². The molecule has 4 rings (SSSR count). The maximum absolute atomic E-state index is 12.9. The maximum Gasteiger partial charge on any atom is 0.490 e. The first-order valence-corrected chi connectivity index (χ1v) is 14.3. The summed E-state index contributed by atoms with van der Waals surface area (Å²) in [6, 6.07) is 13.4. The first kappa shape index (κ1) is 30.9. The highest BCUT2D eigenvalue weighted by molar-refractivity contribution is 7.92. The van der Waals surface area contributed by atoms with E-state index in [1.165, 1.54) is 12.8 Å². The number of hydrogen-bond donors (Lipinski definition) is 3. The number of aliphatic carboxylic acids is 1. The number of hydrogen-bond acceptors (Lipinski definition) is 5. The monoisotopic (exact) mass is 583 g/mol. The normalized spacial score (nSPS) is 16.6. The number of halogens is 3. The van der Waals surface area contributed by atoms with Crippen molar-refractivity contribution in [3.05, 3.63) is 59.7 Å². The summed E-state index contributed by atoms with van der Waals surface area (Å²) in [4.78, 5) is 36.2. The number of rotatable bonds is 6. The molecule has 0 spiro atoms. The number of carbonyl (C=O) groups excluding carboxylic acids is 2. The Hall–Kier alpha value is -3.61. The Morgan fingerprint density at radius 1 is 0.900 bits per heavy atom. The van der Waals surface area contributed by atoms with Crippen LogP contribution in [0.15, 0.2) is 53.4 Å². The fraction of sp³-hybridized carbons (Fsp3) is 0.444. The lowest BCUT2D eigenvalue weighted by Crippen LogP contribution is -2.44. The van der Waals surface area contributed by atoms with Crippen molar-refractivity contribution in [2.75, 3.05) is 17.8 Å². The molecule has 2 amide bonds. The van der Waals surface area contributed by atoms with Gasteiger partial charge in [0.2, 0.25) is 5.91 Å². The predicted octanol–water partition coefficient (Wildman–Crippen LogP) is 4.34. The second kappa shape index (κ2) is 13.2. The van der Waals surface area contributed by atoms with Crippen molar-refractivity contribution in [1.82, 2.24) is 10.2 Å². The molecule has 1 saturated carbocycles. The molecule has 2 aromatic rings. The summed E-state index contributed by atoms with van der Waals surface area (Å²) in [5.74, 6) is -2.77. The van der Waals surface area contributed by atoms with Crippen LogP contribution in [0, 0.1) is 12.8 Å². The molecule has 13 heteroatoms. The van der Waals surface area contributed by atoms with Gasteiger partial charge in [-0.3, -0.25) is 14.3 Å². The zero-order chi connectivity index (χ0) is 29.5. The number of sulfonamides is 1. The molecule has 1 saturated heterocycles. The largest absolute Gasteiger partial charge is 0.490 e. The smallest absolute Gasteiger partial charge is 0.475 e. The zero-order valence-electron chi connectivity index (χ0n) is 21.9. The van der Waals surface area contributed by atoms with E-state index in [0.29, 0.717) is 43.2 Å². The van der Waals surface area contributed by atoms with E-state index < -0.39 is 22.2 Å². The standard InChI is InChI=1S/C25H31N3O4S.C2HF3O2/c1-18-6-12-23(13-7-18)33(31,32)27-22-10-8-20(9-11-22)25(30)28-16-14-19(15-17-28)24(29)26-21-4-2-3-5-21;3-2(4,5)1(6)7/h6-13,19,21,27H,2-5,14-17H2,1H3,(H,26,29);(H,6,7). The molecule has 1 heterocycles. The molecule has 2 aromatic carbocycles. The van der Waals surface area contributed by atoms with E-state index in [0.717, 1.165) is 18.4 Å². The summed E-state index contributed by atoms with van der Waals surface area (Å²) in [5.41, 5.74) is 1.88. The minimum absolute atomic E-state index is 0.0341. The van der Waals surface area contributed by atoms with Crippen molar-refractivity contribution < 1.29 is 41.1 Å². The molecular formula is C27H32F3N3O6S. The van der Waals surface area contributed by atoms with Crippen molar-refractivity contribution >= 4 is 33.5 Å². The number of carbonyl (C=O) groups is 3. The summed E-state index contributed by atoms with van der Waals surface area (Å²) >= 11 is 0. The Morgan fingerprint density at radius 3 is 1.93 bits per heavy atom. The summed E-state index contributed by atoms with van der Waals surface area (Å²) in [6.07, 6.45) is 0.756. The molecule has 218 valence electrons. The van der Waals surface area contributed by atoms with Crippen LogP contribution in [0.25, 0.3) is 0 Å². The number of amides is 2. The van der Waals surface area contributed by atoms with Crippen molar-refractivity contribution in [3.63, 3.8) is 0 Å². The average Bonchev–Trinajstić information content (AvgIpc) is 3.42. The quantitative estimate of drug-likeness (QED) is 0.464. The van der Waals surface area contributed by atoms with Gasteiger partial charge in [0.05, 0.1) is 4.90 Å². The number of nitrogens with one attached hydrogen (secondary N) is 2. The van der Waals surface area contributed by atoms with Crippen molar-refractivity contribution in [2.45, 2.75) is 62.6 Å². The van der Waals surface area contributed by atoms with Crippen molar-refractivity contribution in [1.29, 1.82) is 0 Å². The van der Waals surface area contributed by atoms with Crippen LogP contribution in [-0.2, 0) is 19.6 Å². The van der Waals surface area contributed by atoms with E-state index >= 15 is 0 Å². The third kappa shape index (κ3) is 8.70. The Balaban J connectivity index is 0.000000559. The van der Waals surface area contributed by atoms with Crippen LogP contribution < -0.4 is 10.0 Å². The second-order valence-electron chi connectivity index (χ2n) is 9.86. The SMILES string of the molecule is Cc1ccc(S(=O)(=O)Nc2ccc(C(=O)N3CCC(C(=O)NC4CCCC4)CC3)cc2)cc1.O=C(O)C(F)(F)F. The minimum atomic E-state index is -5.08. The lowest BCUT2D eigenvalue weighted by atomic mass is 9.95. The van der Waals surface area contributed by atoms with E-state index in [1.54, 1.807) is 53.4 Å². The highest BCUT2D eigenvalue weighted by Gasteiger charge is 2.38. The number of carboxylic acids is 1. The van der Waals surface area contributed by atoms with Crippen LogP contribution in [0.2, 0.25) is 0 Å². The van der Waals surface area contributed by atoms with E-state index in [2.05, 4.69) is 10.0 Å². The first-order valence-electron chi connectivity index (χ1n) is 12.9. The Labute approximate surface area is 230 Å². The van der Waals surface area contributed by atoms with Gasteiger partial charge in [0.25, 0.3) is 15.9 Å². The zero-order valence-corrected chi connectivity index (χ0v) is 22.7. The molecule has 0 unspecified atom stereocenters. The van der Waals surface area contributed by atoms with Gasteiger partial charge in [0.15, 0.2) is 0 Å². The van der Waals surface area contributed by atoms with Gasteiger partial charge in [0, 0.05) is 36.3 Å². The highest BCUT2D eigenvalue weighted by Crippen LogP contribution is 2.23. The third-order valence-corrected chi connectivity index (χ3v) is 8.21. The Bertz CT molecular complexity index is 1280. The van der Waals surface area contributed by atoms with Crippen molar-refractivity contribution in [3.8, 4) is 0 Å². The predicted molar refractivity (Wildman–Crippen MR) is 141 cm³/mol. The van der Waals surface area contributed by atoms with Gasteiger partial charge in [-0.15, -0.1) is 0 Å². The molecule has 9 nitrogen and oxygen atoms in total. The fourth-order valence-electron chi connectivity index (χ4n) is 4.53. The molecule has 2 aliphatic rings. The van der Waals surface area contributed by atoms with Gasteiger partial charge >= 0.3 is 12.1 Å². The van der Waals surface area contributed by atoms with Crippen LogP contribution in [0.4, 0.5) is 18.9 Å². The summed E-state index contributed by atoms with van der Waals surface area (Å²) in [5, 5.41) is 10.3. The van der Waals surface area contributed by atoms with E-state index in [-0.39, 0.29) is 22.6 Å². The lowest BCUT2D eigenvalue weighted by molar-refractivity contribution is -0.192. The molecular weight excluding hydrogens is 551 g/mol. The van der Waals surface area contributed by atoms with Crippen LogP contribution >= 0.6 is 0 Å². The number of aryl methyl sites for hydroxylation is 1. The number of piperidine rings is 1. The maximum atomic E-state index is 12.9. The van der Waals surface area contributed by atoms with E-state index in [4.69, 9.17) is 9.90 Å². The molecule has 40 heavy (non-hydrogen) atoms. The molecule has 0 aromatic heterocycles. The fourth-order valence-corrected chi connectivity index (χ4v) is 5.59. The van der Waals surface area contributed by atoms with Crippen molar-refractivity contribution in [2.24, 2.45) is 5.92 Å².